The van der Waals surface area contributed by atoms with Crippen LogP contribution in [0.5, 0.6) is 5.75 Å². The Bertz CT molecular complexity index is 1030. The Balaban J connectivity index is 1.31. The number of fused-ring (bicyclic) bond motifs is 1. The topological polar surface area (TPSA) is 114 Å². The van der Waals surface area contributed by atoms with E-state index < -0.39 is 36.1 Å². The molecule has 0 bridgehead atoms. The molecule has 2 N–H and O–H groups in total. The molecule has 2 fully saturated rings. The van der Waals surface area contributed by atoms with Crippen LogP contribution in [0.4, 0.5) is 4.79 Å². The molecule has 1 aliphatic carbocycles. The fraction of sp³-hybridized carbons (Fsp3) is 0.630. The van der Waals surface area contributed by atoms with E-state index in [1.54, 1.807) is 0 Å². The molecule has 2 heterocycles. The summed E-state index contributed by atoms with van der Waals surface area (Å²) in [6.45, 7) is 8.08. The number of para-hydroxylation sites is 1. The number of amides is 4. The van der Waals surface area contributed by atoms with Gasteiger partial charge in [0.15, 0.2) is 6.10 Å². The third-order valence-electron chi connectivity index (χ3n) is 8.34. The number of carbonyl (C=O) groups is 4. The molecule has 1 spiro atoms. The van der Waals surface area contributed by atoms with E-state index >= 15 is 0 Å². The molecule has 4 rings (SSSR count). The summed E-state index contributed by atoms with van der Waals surface area (Å²) in [5.74, 6) is -0.424. The van der Waals surface area contributed by atoms with Crippen molar-refractivity contribution in [3.05, 3.63) is 29.8 Å². The zero-order chi connectivity index (χ0) is 26.1. The minimum Gasteiger partial charge on any atom is -0.493 e. The van der Waals surface area contributed by atoms with E-state index in [9.17, 15) is 19.2 Å². The van der Waals surface area contributed by atoms with Crippen LogP contribution in [0.15, 0.2) is 24.3 Å². The van der Waals surface area contributed by atoms with E-state index in [0.29, 0.717) is 31.8 Å². The summed E-state index contributed by atoms with van der Waals surface area (Å²) in [5, 5.41) is 5.75. The van der Waals surface area contributed by atoms with Gasteiger partial charge >= 0.3 is 12.0 Å². The Hall–Kier alpha value is -3.10. The quantitative estimate of drug-likeness (QED) is 0.439. The third-order valence-corrected chi connectivity index (χ3v) is 8.34. The number of hydrogen-bond acceptors (Lipinski definition) is 6. The zero-order valence-electron chi connectivity index (χ0n) is 21.6. The lowest BCUT2D eigenvalue weighted by Gasteiger charge is -2.42. The van der Waals surface area contributed by atoms with Crippen LogP contribution in [0.25, 0.3) is 0 Å². The van der Waals surface area contributed by atoms with E-state index in [1.165, 1.54) is 6.92 Å². The van der Waals surface area contributed by atoms with Gasteiger partial charge in [0.2, 0.25) is 0 Å². The van der Waals surface area contributed by atoms with E-state index in [1.807, 2.05) is 24.3 Å². The van der Waals surface area contributed by atoms with Gasteiger partial charge in [0.05, 0.1) is 12.6 Å². The summed E-state index contributed by atoms with van der Waals surface area (Å²) in [7, 11) is 0. The van der Waals surface area contributed by atoms with Crippen molar-refractivity contribution in [2.45, 2.75) is 83.9 Å². The fourth-order valence-corrected chi connectivity index (χ4v) is 5.54. The van der Waals surface area contributed by atoms with Crippen LogP contribution in [-0.2, 0) is 19.1 Å². The van der Waals surface area contributed by atoms with Gasteiger partial charge in [0, 0.05) is 12.0 Å². The van der Waals surface area contributed by atoms with Gasteiger partial charge in [-0.05, 0) is 50.0 Å². The molecule has 196 valence electrons. The van der Waals surface area contributed by atoms with Crippen molar-refractivity contribution in [3.8, 4) is 5.75 Å². The largest absolute Gasteiger partial charge is 0.493 e. The Morgan fingerprint density at radius 2 is 1.92 bits per heavy atom. The summed E-state index contributed by atoms with van der Waals surface area (Å²) >= 11 is 0. The number of benzene rings is 1. The van der Waals surface area contributed by atoms with Gasteiger partial charge in [-0.25, -0.2) is 4.79 Å². The average molecular weight is 500 g/mol. The molecule has 1 saturated carbocycles. The van der Waals surface area contributed by atoms with Crippen molar-refractivity contribution in [3.63, 3.8) is 0 Å². The molecule has 36 heavy (non-hydrogen) atoms. The molecule has 2 aliphatic heterocycles. The van der Waals surface area contributed by atoms with Gasteiger partial charge in [0.1, 0.15) is 17.8 Å². The number of nitrogens with zero attached hydrogens (tertiary/aromatic N) is 1. The number of carbonyl (C=O) groups excluding carboxylic acids is 4. The number of rotatable bonds is 7. The average Bonchev–Trinajstić information content (AvgIpc) is 3.08. The molecule has 2 unspecified atom stereocenters. The lowest BCUT2D eigenvalue weighted by Crippen LogP contribution is -2.51. The maximum absolute atomic E-state index is 13.2. The molecule has 1 aromatic rings. The SMILES string of the molecule is CCC(C)(C)C1CCC2(CC1)NC(=O)N(CC(=O)OC(C)C(=O)NC1CCOc3ccccc31)C2=O. The first kappa shape index (κ1) is 26.0. The molecular formula is C27H37N3O6. The second-order valence-corrected chi connectivity index (χ2v) is 10.9. The summed E-state index contributed by atoms with van der Waals surface area (Å²) in [6, 6.07) is 6.64. The van der Waals surface area contributed by atoms with Crippen LogP contribution in [0.2, 0.25) is 0 Å². The highest BCUT2D eigenvalue weighted by Gasteiger charge is 2.54. The number of hydrogen-bond donors (Lipinski definition) is 2. The monoisotopic (exact) mass is 499 g/mol. The molecule has 4 amide bonds. The van der Waals surface area contributed by atoms with Crippen molar-refractivity contribution < 1.29 is 28.7 Å². The third kappa shape index (κ3) is 5.06. The molecular weight excluding hydrogens is 462 g/mol. The first-order valence-electron chi connectivity index (χ1n) is 12.9. The van der Waals surface area contributed by atoms with Crippen molar-refractivity contribution in [2.24, 2.45) is 11.3 Å². The van der Waals surface area contributed by atoms with Gasteiger partial charge in [-0.2, -0.15) is 0 Å². The predicted octanol–water partition coefficient (Wildman–Crippen LogP) is 3.48. The first-order valence-corrected chi connectivity index (χ1v) is 12.9. The van der Waals surface area contributed by atoms with Crippen LogP contribution in [-0.4, -0.2) is 53.5 Å². The Morgan fingerprint density at radius 1 is 1.22 bits per heavy atom. The van der Waals surface area contributed by atoms with Gasteiger partial charge in [0.25, 0.3) is 11.8 Å². The second kappa shape index (κ2) is 10.1. The minimum atomic E-state index is -1.08. The number of esters is 1. The highest BCUT2D eigenvalue weighted by molar-refractivity contribution is 6.08. The highest BCUT2D eigenvalue weighted by atomic mass is 16.5. The number of nitrogens with one attached hydrogen (secondary N) is 2. The lowest BCUT2D eigenvalue weighted by atomic mass is 9.65. The van der Waals surface area contributed by atoms with E-state index in [2.05, 4.69) is 31.4 Å². The first-order chi connectivity index (χ1) is 17.1. The van der Waals surface area contributed by atoms with E-state index in [-0.39, 0.29) is 17.4 Å². The van der Waals surface area contributed by atoms with Crippen molar-refractivity contribution in [1.29, 1.82) is 0 Å². The standard InChI is InChI=1S/C27H37N3O6/c1-5-26(3,4)18-10-13-27(14-11-18)24(33)30(25(34)29-27)16-22(31)36-17(2)23(32)28-20-12-15-35-21-9-7-6-8-19(20)21/h6-9,17-18,20H,5,10-16H2,1-4H3,(H,28,32)(H,29,34). The molecule has 0 aromatic heterocycles. The van der Waals surface area contributed by atoms with Crippen LogP contribution in [0, 0.1) is 11.3 Å². The van der Waals surface area contributed by atoms with Crippen molar-refractivity contribution in [2.75, 3.05) is 13.2 Å². The molecule has 1 aromatic carbocycles. The van der Waals surface area contributed by atoms with Crippen LogP contribution in [0.1, 0.15) is 77.8 Å². The maximum atomic E-state index is 13.2. The maximum Gasteiger partial charge on any atom is 0.327 e. The van der Waals surface area contributed by atoms with Gasteiger partial charge in [-0.1, -0.05) is 45.4 Å². The second-order valence-electron chi connectivity index (χ2n) is 10.9. The molecule has 2 atom stereocenters. The molecule has 9 nitrogen and oxygen atoms in total. The number of imide groups is 1. The lowest BCUT2D eigenvalue weighted by molar-refractivity contribution is -0.157. The summed E-state index contributed by atoms with van der Waals surface area (Å²) in [6.07, 6.45) is 3.38. The summed E-state index contributed by atoms with van der Waals surface area (Å²) < 4.78 is 10.9. The summed E-state index contributed by atoms with van der Waals surface area (Å²) in [4.78, 5) is 52.0. The van der Waals surface area contributed by atoms with Crippen molar-refractivity contribution in [1.82, 2.24) is 15.5 Å². The molecule has 0 radical (unpaired) electrons. The minimum absolute atomic E-state index is 0.181. The Kier molecular flexibility index (Phi) is 7.29. The summed E-state index contributed by atoms with van der Waals surface area (Å²) in [5.41, 5.74) is 0.106. The van der Waals surface area contributed by atoms with Crippen LogP contribution < -0.4 is 15.4 Å². The van der Waals surface area contributed by atoms with Gasteiger partial charge in [-0.15, -0.1) is 0 Å². The molecule has 1 saturated heterocycles. The van der Waals surface area contributed by atoms with E-state index in [4.69, 9.17) is 9.47 Å². The van der Waals surface area contributed by atoms with E-state index in [0.717, 1.165) is 35.5 Å². The molecule has 3 aliphatic rings. The van der Waals surface area contributed by atoms with Gasteiger partial charge < -0.3 is 20.1 Å². The van der Waals surface area contributed by atoms with Crippen LogP contribution >= 0.6 is 0 Å². The Labute approximate surface area is 212 Å². The van der Waals surface area contributed by atoms with Crippen LogP contribution in [0.3, 0.4) is 0 Å². The fourth-order valence-electron chi connectivity index (χ4n) is 5.54. The smallest absolute Gasteiger partial charge is 0.327 e. The number of ether oxygens (including phenoxy) is 2. The number of urea groups is 1. The zero-order valence-corrected chi connectivity index (χ0v) is 21.6. The normalized spacial score (nSPS) is 26.6. The predicted molar refractivity (Wildman–Crippen MR) is 132 cm³/mol. The van der Waals surface area contributed by atoms with Gasteiger partial charge in [-0.3, -0.25) is 19.3 Å². The molecule has 9 heteroatoms. The Morgan fingerprint density at radius 3 is 2.61 bits per heavy atom. The van der Waals surface area contributed by atoms with Crippen molar-refractivity contribution >= 4 is 23.8 Å². The highest BCUT2D eigenvalue weighted by Crippen LogP contribution is 2.45.